The van der Waals surface area contributed by atoms with E-state index in [1.54, 1.807) is 4.90 Å². The van der Waals surface area contributed by atoms with Gasteiger partial charge in [0.05, 0.1) is 5.56 Å². The van der Waals surface area contributed by atoms with E-state index in [0.717, 1.165) is 31.5 Å². The maximum Gasteiger partial charge on any atom is 0.416 e. The van der Waals surface area contributed by atoms with Gasteiger partial charge in [-0.2, -0.15) is 13.2 Å². The summed E-state index contributed by atoms with van der Waals surface area (Å²) in [5.74, 6) is 0. The summed E-state index contributed by atoms with van der Waals surface area (Å²) in [5.41, 5.74) is -0.453. The van der Waals surface area contributed by atoms with E-state index in [4.69, 9.17) is 4.74 Å². The van der Waals surface area contributed by atoms with Crippen LogP contribution in [0.15, 0.2) is 24.3 Å². The van der Waals surface area contributed by atoms with E-state index in [-0.39, 0.29) is 6.61 Å². The van der Waals surface area contributed by atoms with Gasteiger partial charge in [-0.15, -0.1) is 0 Å². The number of ether oxygens (including phenoxy) is 1. The number of nitrogens with zero attached hydrogens (tertiary/aromatic N) is 2. The molecular formula is C18H22F3N2O3. The first-order valence-electron chi connectivity index (χ1n) is 8.55. The van der Waals surface area contributed by atoms with E-state index in [0.29, 0.717) is 38.2 Å². The first-order chi connectivity index (χ1) is 12.4. The molecule has 1 aromatic rings. The number of alkyl halides is 3. The van der Waals surface area contributed by atoms with Gasteiger partial charge in [0.25, 0.3) is 0 Å². The maximum atomic E-state index is 12.7. The monoisotopic (exact) mass is 371 g/mol. The Labute approximate surface area is 150 Å². The summed E-state index contributed by atoms with van der Waals surface area (Å²) in [7, 11) is 0. The Morgan fingerprint density at radius 2 is 1.88 bits per heavy atom. The van der Waals surface area contributed by atoms with Crippen molar-refractivity contribution in [1.82, 2.24) is 9.80 Å². The largest absolute Gasteiger partial charge is 0.445 e. The summed E-state index contributed by atoms with van der Waals surface area (Å²) in [4.78, 5) is 26.0. The van der Waals surface area contributed by atoms with Gasteiger partial charge in [0.1, 0.15) is 6.61 Å². The number of carbonyl (C=O) groups is 1. The van der Waals surface area contributed by atoms with Crippen molar-refractivity contribution in [3.05, 3.63) is 35.4 Å². The smallest absolute Gasteiger partial charge is 0.416 e. The molecule has 1 aliphatic heterocycles. The SMILES string of the molecule is O=[C]CCCCN1CCN(C(=O)OCc2cccc(C(F)(F)F)c2)CC1. The normalized spacial score (nSPS) is 15.7. The molecular weight excluding hydrogens is 349 g/mol. The van der Waals surface area contributed by atoms with Crippen molar-refractivity contribution < 1.29 is 27.5 Å². The van der Waals surface area contributed by atoms with Gasteiger partial charge in [-0.3, -0.25) is 9.69 Å². The van der Waals surface area contributed by atoms with Crippen LogP contribution in [0.4, 0.5) is 18.0 Å². The number of unbranched alkanes of at least 4 members (excludes halogenated alkanes) is 2. The van der Waals surface area contributed by atoms with Gasteiger partial charge < -0.3 is 9.64 Å². The first kappa shape index (κ1) is 20.2. The summed E-state index contributed by atoms with van der Waals surface area (Å²) in [6.07, 6.45) is -0.900. The third-order valence-electron chi connectivity index (χ3n) is 4.25. The van der Waals surface area contributed by atoms with Gasteiger partial charge in [0.2, 0.25) is 0 Å². The van der Waals surface area contributed by atoms with E-state index < -0.39 is 17.8 Å². The number of rotatable bonds is 7. The van der Waals surface area contributed by atoms with Crippen molar-refractivity contribution in [3.8, 4) is 0 Å². The van der Waals surface area contributed by atoms with Crippen molar-refractivity contribution in [3.63, 3.8) is 0 Å². The van der Waals surface area contributed by atoms with Crippen LogP contribution in [-0.2, 0) is 22.3 Å². The molecule has 0 saturated carbocycles. The third kappa shape index (κ3) is 6.33. The predicted octanol–water partition coefficient (Wildman–Crippen LogP) is 3.24. The molecule has 26 heavy (non-hydrogen) atoms. The predicted molar refractivity (Wildman–Crippen MR) is 89.2 cm³/mol. The van der Waals surface area contributed by atoms with E-state index in [9.17, 15) is 22.8 Å². The lowest BCUT2D eigenvalue weighted by Crippen LogP contribution is -2.48. The minimum absolute atomic E-state index is 0.189. The van der Waals surface area contributed by atoms with Crippen molar-refractivity contribution in [1.29, 1.82) is 0 Å². The Hall–Kier alpha value is -2.09. The van der Waals surface area contributed by atoms with Crippen molar-refractivity contribution >= 4 is 12.4 Å². The molecule has 0 aliphatic carbocycles. The molecule has 1 fully saturated rings. The Balaban J connectivity index is 1.73. The second-order valence-electron chi connectivity index (χ2n) is 6.18. The molecule has 0 atom stereocenters. The fourth-order valence-electron chi connectivity index (χ4n) is 2.76. The van der Waals surface area contributed by atoms with Crippen LogP contribution in [0.3, 0.4) is 0 Å². The second kappa shape index (κ2) is 9.56. The topological polar surface area (TPSA) is 49.9 Å². The molecule has 0 spiro atoms. The minimum Gasteiger partial charge on any atom is -0.445 e. The number of hydrogen-bond donors (Lipinski definition) is 0. The molecule has 1 aromatic carbocycles. The minimum atomic E-state index is -4.42. The molecule has 0 aromatic heterocycles. The summed E-state index contributed by atoms with van der Waals surface area (Å²) in [6, 6.07) is 4.77. The molecule has 0 unspecified atom stereocenters. The zero-order valence-corrected chi connectivity index (χ0v) is 14.4. The molecule has 2 rings (SSSR count). The van der Waals surface area contributed by atoms with Gasteiger partial charge in [-0.25, -0.2) is 4.79 Å². The van der Waals surface area contributed by atoms with Gasteiger partial charge in [-0.1, -0.05) is 12.1 Å². The fraction of sp³-hybridized carbons (Fsp3) is 0.556. The number of benzene rings is 1. The summed E-state index contributed by atoms with van der Waals surface area (Å²) in [5, 5.41) is 0. The molecule has 143 valence electrons. The maximum absolute atomic E-state index is 12.7. The Morgan fingerprint density at radius 1 is 1.15 bits per heavy atom. The van der Waals surface area contributed by atoms with Gasteiger partial charge >= 0.3 is 12.3 Å². The second-order valence-corrected chi connectivity index (χ2v) is 6.18. The third-order valence-corrected chi connectivity index (χ3v) is 4.25. The molecule has 1 amide bonds. The lowest BCUT2D eigenvalue weighted by molar-refractivity contribution is -0.137. The van der Waals surface area contributed by atoms with Crippen LogP contribution in [0.2, 0.25) is 0 Å². The molecule has 5 nitrogen and oxygen atoms in total. The lowest BCUT2D eigenvalue weighted by Gasteiger charge is -2.34. The molecule has 8 heteroatoms. The van der Waals surface area contributed by atoms with Gasteiger partial charge in [0, 0.05) is 32.6 Å². The van der Waals surface area contributed by atoms with Crippen LogP contribution >= 0.6 is 0 Å². The van der Waals surface area contributed by atoms with Crippen LogP contribution in [0.25, 0.3) is 0 Å². The summed E-state index contributed by atoms with van der Waals surface area (Å²) < 4.78 is 43.2. The van der Waals surface area contributed by atoms with Crippen LogP contribution in [0.5, 0.6) is 0 Å². The highest BCUT2D eigenvalue weighted by atomic mass is 19.4. The standard InChI is InChI=1S/C18H22F3N2O3/c19-18(20,21)16-6-4-5-15(13-16)14-26-17(25)23-10-8-22(9-11-23)7-2-1-3-12-24/h4-6,13H,1-3,7-11,14H2. The van der Waals surface area contributed by atoms with Gasteiger partial charge in [0.15, 0.2) is 6.29 Å². The van der Waals surface area contributed by atoms with Crippen molar-refractivity contribution in [2.24, 2.45) is 0 Å². The van der Waals surface area contributed by atoms with E-state index in [1.807, 2.05) is 6.29 Å². The molecule has 0 N–H and O–H groups in total. The molecule has 1 heterocycles. The number of halogens is 3. The molecule has 1 aliphatic rings. The summed E-state index contributed by atoms with van der Waals surface area (Å²) in [6.45, 7) is 3.13. The molecule has 1 saturated heterocycles. The summed E-state index contributed by atoms with van der Waals surface area (Å²) >= 11 is 0. The van der Waals surface area contributed by atoms with E-state index >= 15 is 0 Å². The fourth-order valence-corrected chi connectivity index (χ4v) is 2.76. The Kier molecular flexibility index (Phi) is 7.44. The zero-order chi connectivity index (χ0) is 19.0. The van der Waals surface area contributed by atoms with Crippen molar-refractivity contribution in [2.45, 2.75) is 32.0 Å². The first-order valence-corrected chi connectivity index (χ1v) is 8.55. The lowest BCUT2D eigenvalue weighted by atomic mass is 10.1. The zero-order valence-electron chi connectivity index (χ0n) is 14.4. The highest BCUT2D eigenvalue weighted by molar-refractivity contribution is 5.67. The van der Waals surface area contributed by atoms with Crippen LogP contribution in [0, 0.1) is 0 Å². The van der Waals surface area contributed by atoms with E-state index in [2.05, 4.69) is 4.90 Å². The van der Waals surface area contributed by atoms with Gasteiger partial charge in [-0.05, 0) is 37.1 Å². The van der Waals surface area contributed by atoms with Crippen LogP contribution < -0.4 is 0 Å². The molecule has 0 bridgehead atoms. The quantitative estimate of drug-likeness (QED) is 0.691. The van der Waals surface area contributed by atoms with E-state index in [1.165, 1.54) is 12.1 Å². The Bertz CT molecular complexity index is 600. The van der Waals surface area contributed by atoms with Crippen molar-refractivity contribution in [2.75, 3.05) is 32.7 Å². The van der Waals surface area contributed by atoms with Crippen LogP contribution in [-0.4, -0.2) is 54.9 Å². The average Bonchev–Trinajstić information content (AvgIpc) is 2.63. The average molecular weight is 371 g/mol. The highest BCUT2D eigenvalue weighted by Crippen LogP contribution is 2.29. The number of piperazine rings is 1. The molecule has 1 radical (unpaired) electrons. The Morgan fingerprint density at radius 3 is 2.54 bits per heavy atom. The van der Waals surface area contributed by atoms with Crippen LogP contribution in [0.1, 0.15) is 30.4 Å². The number of hydrogen-bond acceptors (Lipinski definition) is 4. The highest BCUT2D eigenvalue weighted by Gasteiger charge is 2.30. The number of amides is 1. The number of carbonyl (C=O) groups excluding carboxylic acids is 2.